The summed E-state index contributed by atoms with van der Waals surface area (Å²) in [5.41, 5.74) is 0. The van der Waals surface area contributed by atoms with Crippen LogP contribution in [0.2, 0.25) is 0 Å². The molecule has 2 N–H and O–H groups in total. The van der Waals surface area contributed by atoms with E-state index < -0.39 is 7.60 Å². The topological polar surface area (TPSA) is 60.8 Å². The first-order chi connectivity index (χ1) is 6.41. The van der Waals surface area contributed by atoms with Crippen molar-refractivity contribution in [1.82, 2.24) is 4.90 Å². The average molecular weight is 246 g/mol. The van der Waals surface area contributed by atoms with Crippen LogP contribution in [-0.4, -0.2) is 46.4 Å². The van der Waals surface area contributed by atoms with Crippen molar-refractivity contribution in [2.24, 2.45) is 0 Å². The fourth-order valence-electron chi connectivity index (χ4n) is 0.781. The molecule has 0 fully saturated rings. The summed E-state index contributed by atoms with van der Waals surface area (Å²) < 4.78 is 9.84. The number of hydrogen-bond acceptors (Lipinski definition) is 2. The Kier molecular flexibility index (Phi) is 11.9. The number of nitrogens with zero attached hydrogens (tertiary/aromatic N) is 1. The Hall–Kier alpha value is 0.400. The Labute approximate surface area is 91.4 Å². The van der Waals surface area contributed by atoms with Gasteiger partial charge in [-0.15, -0.1) is 11.6 Å². The molecule has 0 aliphatic carbocycles. The summed E-state index contributed by atoms with van der Waals surface area (Å²) in [4.78, 5) is 18.5. The lowest BCUT2D eigenvalue weighted by molar-refractivity contribution is 0.321. The van der Waals surface area contributed by atoms with E-state index in [1.165, 1.54) is 19.6 Å². The summed E-state index contributed by atoms with van der Waals surface area (Å²) >= 11 is 4.99. The molecule has 6 heteroatoms. The van der Waals surface area contributed by atoms with Gasteiger partial charge < -0.3 is 14.7 Å². The quantitative estimate of drug-likeness (QED) is 0.572. The minimum atomic E-state index is -3.80. The third kappa shape index (κ3) is 14.9. The summed E-state index contributed by atoms with van der Waals surface area (Å²) in [6.07, 6.45) is -0.228. The van der Waals surface area contributed by atoms with Gasteiger partial charge in [0.1, 0.15) is 0 Å². The summed E-state index contributed by atoms with van der Waals surface area (Å²) in [5, 5.41) is 0. The molecule has 0 amide bonds. The fourth-order valence-corrected chi connectivity index (χ4v) is 1.66. The molecule has 0 aromatic carbocycles. The maximum Gasteiger partial charge on any atom is 0.326 e. The lowest BCUT2D eigenvalue weighted by Crippen LogP contribution is -2.21. The van der Waals surface area contributed by atoms with Gasteiger partial charge in [0.25, 0.3) is 0 Å². The first-order valence-electron chi connectivity index (χ1n) is 4.74. The summed E-state index contributed by atoms with van der Waals surface area (Å²) in [6.45, 7) is 10.1. The van der Waals surface area contributed by atoms with Crippen molar-refractivity contribution in [3.8, 4) is 0 Å². The molecule has 0 rings (SSSR count). The van der Waals surface area contributed by atoms with E-state index in [-0.39, 0.29) is 12.0 Å². The van der Waals surface area contributed by atoms with Crippen molar-refractivity contribution in [3.63, 3.8) is 0 Å². The van der Waals surface area contributed by atoms with Gasteiger partial charge in [0.15, 0.2) is 0 Å². The van der Waals surface area contributed by atoms with Crippen LogP contribution in [0, 0.1) is 0 Å². The molecule has 0 bridgehead atoms. The second-order valence-corrected chi connectivity index (χ2v) is 4.85. The van der Waals surface area contributed by atoms with Gasteiger partial charge in [0.2, 0.25) is 0 Å². The van der Waals surface area contributed by atoms with E-state index in [4.69, 9.17) is 21.4 Å². The van der Waals surface area contributed by atoms with Gasteiger partial charge in [-0.3, -0.25) is 4.57 Å². The average Bonchev–Trinajstić information content (AvgIpc) is 2.06. The zero-order valence-electron chi connectivity index (χ0n) is 9.11. The van der Waals surface area contributed by atoms with E-state index in [9.17, 15) is 4.57 Å². The largest absolute Gasteiger partial charge is 0.326 e. The molecule has 4 nitrogen and oxygen atoms in total. The molecule has 88 valence electrons. The molecule has 0 saturated carbocycles. The van der Waals surface area contributed by atoms with Gasteiger partial charge in [-0.05, 0) is 19.6 Å². The van der Waals surface area contributed by atoms with Crippen LogP contribution < -0.4 is 0 Å². The molecule has 0 aromatic heterocycles. The van der Waals surface area contributed by atoms with Crippen molar-refractivity contribution in [2.75, 3.05) is 31.7 Å². The van der Waals surface area contributed by atoms with Crippen LogP contribution in [0.3, 0.4) is 0 Å². The maximum atomic E-state index is 9.84. The SMILES string of the molecule is CCN(CC)CC.O=P(O)(O)CCCl. The molecule has 0 unspecified atom stereocenters. The van der Waals surface area contributed by atoms with Gasteiger partial charge in [-0.25, -0.2) is 0 Å². The molecular formula is C8H21ClNO3P. The molecule has 14 heavy (non-hydrogen) atoms. The summed E-state index contributed by atoms with van der Waals surface area (Å²) in [7, 11) is -3.80. The molecule has 0 aliphatic rings. The number of rotatable bonds is 5. The van der Waals surface area contributed by atoms with Crippen LogP contribution in [0.4, 0.5) is 0 Å². The van der Waals surface area contributed by atoms with Gasteiger partial charge in [0.05, 0.1) is 6.16 Å². The molecule has 0 saturated heterocycles. The highest BCUT2D eigenvalue weighted by Crippen LogP contribution is 2.33. The smallest absolute Gasteiger partial charge is 0.324 e. The molecule has 0 spiro atoms. The predicted molar refractivity (Wildman–Crippen MR) is 61.1 cm³/mol. The molecule has 0 heterocycles. The van der Waals surface area contributed by atoms with E-state index in [2.05, 4.69) is 25.7 Å². The third-order valence-corrected chi connectivity index (χ3v) is 2.98. The van der Waals surface area contributed by atoms with Gasteiger partial charge in [-0.1, -0.05) is 20.8 Å². The van der Waals surface area contributed by atoms with Crippen molar-refractivity contribution in [1.29, 1.82) is 0 Å². The Bertz CT molecular complexity index is 153. The van der Waals surface area contributed by atoms with Gasteiger partial charge >= 0.3 is 7.60 Å². The number of hydrogen-bond donors (Lipinski definition) is 2. The summed E-state index contributed by atoms with van der Waals surface area (Å²) in [5.74, 6) is 0.0181. The van der Waals surface area contributed by atoms with Crippen LogP contribution in [0.1, 0.15) is 20.8 Å². The van der Waals surface area contributed by atoms with Crippen LogP contribution in [0.15, 0.2) is 0 Å². The van der Waals surface area contributed by atoms with Gasteiger partial charge in [-0.2, -0.15) is 0 Å². The highest BCUT2D eigenvalue weighted by Gasteiger charge is 2.09. The van der Waals surface area contributed by atoms with Crippen LogP contribution in [-0.2, 0) is 4.57 Å². The second kappa shape index (κ2) is 9.94. The number of halogens is 1. The zero-order chi connectivity index (χ0) is 11.6. The highest BCUT2D eigenvalue weighted by molar-refractivity contribution is 7.51. The minimum Gasteiger partial charge on any atom is -0.324 e. The monoisotopic (exact) mass is 245 g/mol. The van der Waals surface area contributed by atoms with Crippen LogP contribution in [0.5, 0.6) is 0 Å². The lowest BCUT2D eigenvalue weighted by Gasteiger charge is -2.13. The second-order valence-electron chi connectivity index (χ2n) is 2.70. The first kappa shape index (κ1) is 16.8. The molecular weight excluding hydrogens is 225 g/mol. The molecule has 0 radical (unpaired) electrons. The fraction of sp³-hybridized carbons (Fsp3) is 1.00. The van der Waals surface area contributed by atoms with E-state index >= 15 is 0 Å². The minimum absolute atomic E-state index is 0.0181. The van der Waals surface area contributed by atoms with Crippen molar-refractivity contribution in [2.45, 2.75) is 20.8 Å². The Morgan fingerprint density at radius 2 is 1.50 bits per heavy atom. The standard InChI is InChI=1S/C6H15N.C2H6ClO3P/c1-4-7(5-2)6-3;3-1-2-7(4,5)6/h4-6H2,1-3H3;1-2H2,(H2,4,5,6). The van der Waals surface area contributed by atoms with Crippen LogP contribution >= 0.6 is 19.2 Å². The lowest BCUT2D eigenvalue weighted by atomic mass is 10.5. The third-order valence-electron chi connectivity index (χ3n) is 1.72. The maximum absolute atomic E-state index is 9.84. The Balaban J connectivity index is 0. The Morgan fingerprint density at radius 3 is 1.50 bits per heavy atom. The predicted octanol–water partition coefficient (Wildman–Crippen LogP) is 1.75. The normalized spacial score (nSPS) is 11.1. The van der Waals surface area contributed by atoms with E-state index in [0.717, 1.165) is 0 Å². The summed E-state index contributed by atoms with van der Waals surface area (Å²) in [6, 6.07) is 0. The van der Waals surface area contributed by atoms with Crippen molar-refractivity contribution >= 4 is 19.2 Å². The van der Waals surface area contributed by atoms with Crippen LogP contribution in [0.25, 0.3) is 0 Å². The van der Waals surface area contributed by atoms with Crippen molar-refractivity contribution < 1.29 is 14.4 Å². The highest BCUT2D eigenvalue weighted by atomic mass is 35.5. The van der Waals surface area contributed by atoms with E-state index in [1.807, 2.05) is 0 Å². The van der Waals surface area contributed by atoms with E-state index in [0.29, 0.717) is 0 Å². The van der Waals surface area contributed by atoms with Crippen molar-refractivity contribution in [3.05, 3.63) is 0 Å². The number of alkyl halides is 1. The van der Waals surface area contributed by atoms with Gasteiger partial charge in [0, 0.05) is 5.88 Å². The molecule has 0 aromatic rings. The molecule has 0 atom stereocenters. The molecule has 0 aliphatic heterocycles. The first-order valence-corrected chi connectivity index (χ1v) is 7.07. The zero-order valence-corrected chi connectivity index (χ0v) is 10.8. The Morgan fingerprint density at radius 1 is 1.14 bits per heavy atom. The van der Waals surface area contributed by atoms with E-state index in [1.54, 1.807) is 0 Å².